The summed E-state index contributed by atoms with van der Waals surface area (Å²) in [6.07, 6.45) is 0.227. The van der Waals surface area contributed by atoms with Crippen molar-refractivity contribution in [1.82, 2.24) is 5.32 Å². The van der Waals surface area contributed by atoms with Gasteiger partial charge in [0.2, 0.25) is 0 Å². The number of carbonyl (C=O) groups excluding carboxylic acids is 1. The number of carbonyl (C=O) groups is 2. The van der Waals surface area contributed by atoms with Crippen LogP contribution in [0.3, 0.4) is 0 Å². The molecule has 0 spiro atoms. The van der Waals surface area contributed by atoms with Gasteiger partial charge < -0.3 is 10.4 Å². The predicted molar refractivity (Wildman–Crippen MR) is 69.6 cm³/mol. The summed E-state index contributed by atoms with van der Waals surface area (Å²) in [5, 5.41) is 11.3. The summed E-state index contributed by atoms with van der Waals surface area (Å²) in [6, 6.07) is 4.37. The molecule has 4 nitrogen and oxygen atoms in total. The van der Waals surface area contributed by atoms with Gasteiger partial charge in [-0.2, -0.15) is 0 Å². The summed E-state index contributed by atoms with van der Waals surface area (Å²) < 4.78 is 13.6. The number of hydrogen-bond acceptors (Lipinski definition) is 2. The number of amides is 1. The molecule has 0 heterocycles. The molecule has 1 amide bonds. The number of aliphatic carboxylic acids is 1. The summed E-state index contributed by atoms with van der Waals surface area (Å²) >= 11 is 0. The minimum Gasteiger partial charge on any atom is -0.481 e. The van der Waals surface area contributed by atoms with Gasteiger partial charge >= 0.3 is 5.97 Å². The molecule has 0 aromatic heterocycles. The SMILES string of the molecule is Cc1ccc(C(=O)NC(C)(C)CCC(=O)O)c(F)c1. The van der Waals surface area contributed by atoms with Crippen molar-refractivity contribution in [3.8, 4) is 0 Å². The zero-order chi connectivity index (χ0) is 14.6. The van der Waals surface area contributed by atoms with Crippen LogP contribution >= 0.6 is 0 Å². The van der Waals surface area contributed by atoms with E-state index in [-0.39, 0.29) is 18.4 Å². The highest BCUT2D eigenvalue weighted by Gasteiger charge is 2.23. The Hall–Kier alpha value is -1.91. The molecule has 0 fully saturated rings. The van der Waals surface area contributed by atoms with Crippen LogP contribution in [0.15, 0.2) is 18.2 Å². The Morgan fingerprint density at radius 2 is 2.00 bits per heavy atom. The van der Waals surface area contributed by atoms with Gasteiger partial charge in [-0.25, -0.2) is 4.39 Å². The van der Waals surface area contributed by atoms with Crippen molar-refractivity contribution >= 4 is 11.9 Å². The third-order valence-corrected chi connectivity index (χ3v) is 2.78. The van der Waals surface area contributed by atoms with Crippen LogP contribution in [0, 0.1) is 12.7 Å². The van der Waals surface area contributed by atoms with E-state index in [0.717, 1.165) is 5.56 Å². The maximum absolute atomic E-state index is 13.6. The number of hydrogen-bond donors (Lipinski definition) is 2. The Kier molecular flexibility index (Phi) is 4.64. The van der Waals surface area contributed by atoms with Crippen molar-refractivity contribution in [2.75, 3.05) is 0 Å². The molecule has 2 N–H and O–H groups in total. The van der Waals surface area contributed by atoms with Crippen molar-refractivity contribution < 1.29 is 19.1 Å². The van der Waals surface area contributed by atoms with E-state index in [9.17, 15) is 14.0 Å². The molecule has 0 aliphatic carbocycles. The van der Waals surface area contributed by atoms with Crippen LogP contribution in [0.25, 0.3) is 0 Å². The number of aryl methyl sites for hydroxylation is 1. The lowest BCUT2D eigenvalue weighted by molar-refractivity contribution is -0.137. The van der Waals surface area contributed by atoms with Crippen molar-refractivity contribution in [1.29, 1.82) is 0 Å². The maximum Gasteiger partial charge on any atom is 0.303 e. The average Bonchev–Trinajstić information content (AvgIpc) is 2.25. The van der Waals surface area contributed by atoms with Crippen LogP contribution in [0.4, 0.5) is 4.39 Å². The normalized spacial score (nSPS) is 11.2. The summed E-state index contributed by atoms with van der Waals surface area (Å²) in [4.78, 5) is 22.5. The molecule has 1 aromatic carbocycles. The van der Waals surface area contributed by atoms with Crippen LogP contribution in [0.2, 0.25) is 0 Å². The zero-order valence-corrected chi connectivity index (χ0v) is 11.3. The zero-order valence-electron chi connectivity index (χ0n) is 11.3. The fraction of sp³-hybridized carbons (Fsp3) is 0.429. The van der Waals surface area contributed by atoms with E-state index in [1.165, 1.54) is 12.1 Å². The van der Waals surface area contributed by atoms with Crippen molar-refractivity contribution in [3.05, 3.63) is 35.1 Å². The molecule has 0 unspecified atom stereocenters. The molecule has 19 heavy (non-hydrogen) atoms. The molecular formula is C14H18FNO3. The first-order valence-corrected chi connectivity index (χ1v) is 6.02. The number of nitrogens with one attached hydrogen (secondary N) is 1. The molecule has 0 saturated carbocycles. The lowest BCUT2D eigenvalue weighted by Crippen LogP contribution is -2.44. The first-order chi connectivity index (χ1) is 8.71. The number of carboxylic acid groups (broad SMARTS) is 1. The van der Waals surface area contributed by atoms with Gasteiger partial charge in [-0.05, 0) is 44.9 Å². The van der Waals surface area contributed by atoms with Crippen molar-refractivity contribution in [3.63, 3.8) is 0 Å². The third-order valence-electron chi connectivity index (χ3n) is 2.78. The number of benzene rings is 1. The largest absolute Gasteiger partial charge is 0.481 e. The summed E-state index contributed by atoms with van der Waals surface area (Å²) in [7, 11) is 0. The standard InChI is InChI=1S/C14H18FNO3/c1-9-4-5-10(11(15)8-9)13(19)16-14(2,3)7-6-12(17)18/h4-5,8H,6-7H2,1-3H3,(H,16,19)(H,17,18). The number of halogens is 1. The first-order valence-electron chi connectivity index (χ1n) is 6.02. The van der Waals surface area contributed by atoms with Crippen LogP contribution in [-0.4, -0.2) is 22.5 Å². The van der Waals surface area contributed by atoms with Gasteiger partial charge in [-0.1, -0.05) is 6.07 Å². The maximum atomic E-state index is 13.6. The van der Waals surface area contributed by atoms with E-state index in [4.69, 9.17) is 5.11 Å². The number of rotatable bonds is 5. The van der Waals surface area contributed by atoms with Gasteiger partial charge in [0.05, 0.1) is 5.56 Å². The minimum atomic E-state index is -0.927. The predicted octanol–water partition coefficient (Wildman–Crippen LogP) is 2.51. The molecule has 0 atom stereocenters. The molecular weight excluding hydrogens is 249 g/mol. The quantitative estimate of drug-likeness (QED) is 0.861. The monoisotopic (exact) mass is 267 g/mol. The molecule has 0 saturated heterocycles. The van der Waals surface area contributed by atoms with Crippen LogP contribution in [0.1, 0.15) is 42.6 Å². The first kappa shape index (κ1) is 15.1. The Labute approximate surface area is 111 Å². The molecule has 0 aliphatic heterocycles. The highest BCUT2D eigenvalue weighted by Crippen LogP contribution is 2.15. The van der Waals surface area contributed by atoms with E-state index in [1.807, 2.05) is 0 Å². The Bertz CT molecular complexity index is 497. The van der Waals surface area contributed by atoms with Gasteiger partial charge in [0, 0.05) is 12.0 Å². The highest BCUT2D eigenvalue weighted by molar-refractivity contribution is 5.95. The summed E-state index contributed by atoms with van der Waals surface area (Å²) in [5.41, 5.74) is 0.000437. The molecule has 1 rings (SSSR count). The molecule has 0 radical (unpaired) electrons. The van der Waals surface area contributed by atoms with E-state index in [0.29, 0.717) is 0 Å². The lowest BCUT2D eigenvalue weighted by atomic mass is 9.97. The van der Waals surface area contributed by atoms with Gasteiger partial charge in [0.1, 0.15) is 5.82 Å². The Balaban J connectivity index is 2.75. The molecule has 0 aliphatic rings. The fourth-order valence-corrected chi connectivity index (χ4v) is 1.66. The van der Waals surface area contributed by atoms with E-state index < -0.39 is 23.2 Å². The fourth-order valence-electron chi connectivity index (χ4n) is 1.66. The van der Waals surface area contributed by atoms with Crippen molar-refractivity contribution in [2.45, 2.75) is 39.2 Å². The lowest BCUT2D eigenvalue weighted by Gasteiger charge is -2.25. The summed E-state index contributed by atoms with van der Waals surface area (Å²) in [6.45, 7) is 5.15. The van der Waals surface area contributed by atoms with Gasteiger partial charge in [0.25, 0.3) is 5.91 Å². The molecule has 104 valence electrons. The topological polar surface area (TPSA) is 66.4 Å². The van der Waals surface area contributed by atoms with Crippen LogP contribution < -0.4 is 5.32 Å². The third kappa shape index (κ3) is 4.69. The Morgan fingerprint density at radius 3 is 2.53 bits per heavy atom. The van der Waals surface area contributed by atoms with Crippen LogP contribution in [0.5, 0.6) is 0 Å². The van der Waals surface area contributed by atoms with E-state index in [2.05, 4.69) is 5.32 Å². The second kappa shape index (κ2) is 5.82. The average molecular weight is 267 g/mol. The number of carboxylic acids is 1. The van der Waals surface area contributed by atoms with Crippen molar-refractivity contribution in [2.24, 2.45) is 0 Å². The smallest absolute Gasteiger partial charge is 0.303 e. The Morgan fingerprint density at radius 1 is 1.37 bits per heavy atom. The molecule has 1 aromatic rings. The van der Waals surface area contributed by atoms with Gasteiger partial charge in [-0.15, -0.1) is 0 Å². The van der Waals surface area contributed by atoms with Crippen LogP contribution in [-0.2, 0) is 4.79 Å². The second-order valence-electron chi connectivity index (χ2n) is 5.22. The summed E-state index contributed by atoms with van der Waals surface area (Å²) in [5.74, 6) is -2.04. The second-order valence-corrected chi connectivity index (χ2v) is 5.22. The molecule has 0 bridgehead atoms. The van der Waals surface area contributed by atoms with Gasteiger partial charge in [0.15, 0.2) is 0 Å². The van der Waals surface area contributed by atoms with Gasteiger partial charge in [-0.3, -0.25) is 9.59 Å². The van der Waals surface area contributed by atoms with E-state index >= 15 is 0 Å². The highest BCUT2D eigenvalue weighted by atomic mass is 19.1. The van der Waals surface area contributed by atoms with E-state index in [1.54, 1.807) is 26.8 Å². The molecule has 5 heteroatoms. The minimum absolute atomic E-state index is 0.0333.